The monoisotopic (exact) mass is 303 g/mol. The number of hydrogen-bond donors (Lipinski definition) is 1. The van der Waals surface area contributed by atoms with Crippen LogP contribution in [-0.2, 0) is 6.54 Å². The van der Waals surface area contributed by atoms with Crippen molar-refractivity contribution in [3.63, 3.8) is 0 Å². The summed E-state index contributed by atoms with van der Waals surface area (Å²) < 4.78 is 1.36. The van der Waals surface area contributed by atoms with Crippen molar-refractivity contribution < 1.29 is 0 Å². The van der Waals surface area contributed by atoms with Gasteiger partial charge in [-0.05, 0) is 31.8 Å². The Labute approximate surface area is 123 Å². The molecule has 1 rings (SSSR count). The lowest BCUT2D eigenvalue weighted by Gasteiger charge is -2.09. The van der Waals surface area contributed by atoms with Gasteiger partial charge in [0.05, 0.1) is 11.9 Å². The zero-order chi connectivity index (χ0) is 14.1. The molecule has 0 fully saturated rings. The third-order valence-electron chi connectivity index (χ3n) is 2.88. The first kappa shape index (κ1) is 16.4. The predicted molar refractivity (Wildman–Crippen MR) is 84.5 cm³/mol. The maximum Gasteiger partial charge on any atom is 0.287 e. The van der Waals surface area contributed by atoms with Crippen molar-refractivity contribution in [2.24, 2.45) is 0 Å². The minimum Gasteiger partial charge on any atom is -0.382 e. The molecular weight excluding hydrogens is 282 g/mol. The molecule has 1 aromatic heterocycles. The van der Waals surface area contributed by atoms with Crippen LogP contribution in [0.2, 0.25) is 5.02 Å². The molecule has 0 aliphatic heterocycles. The highest BCUT2D eigenvalue weighted by Crippen LogP contribution is 2.15. The number of nitrogens with one attached hydrogen (secondary N) is 1. The van der Waals surface area contributed by atoms with Crippen molar-refractivity contribution in [1.29, 1.82) is 0 Å². The quantitative estimate of drug-likeness (QED) is 0.711. The van der Waals surface area contributed by atoms with Crippen molar-refractivity contribution in [3.05, 3.63) is 21.6 Å². The van der Waals surface area contributed by atoms with E-state index in [9.17, 15) is 4.79 Å². The van der Waals surface area contributed by atoms with E-state index in [1.165, 1.54) is 29.7 Å². The van der Waals surface area contributed by atoms with E-state index < -0.39 is 0 Å². The number of anilines is 1. The van der Waals surface area contributed by atoms with Crippen molar-refractivity contribution in [2.45, 2.75) is 39.2 Å². The molecule has 6 heteroatoms. The lowest BCUT2D eigenvalue weighted by molar-refractivity contribution is 0.616. The van der Waals surface area contributed by atoms with Gasteiger partial charge in [-0.25, -0.2) is 4.68 Å². The summed E-state index contributed by atoms with van der Waals surface area (Å²) in [4.78, 5) is 11.8. The third-order valence-corrected chi connectivity index (χ3v) is 3.94. The standard InChI is InChI=1S/C13H22ClN3OS/c1-3-17-13(18)12(14)11(10-16-17)15-8-6-4-5-7-9-19-2/h10,15H,3-9H2,1-2H3. The van der Waals surface area contributed by atoms with Crippen LogP contribution in [0.1, 0.15) is 32.6 Å². The number of thioether (sulfide) groups is 1. The van der Waals surface area contributed by atoms with Crippen molar-refractivity contribution in [1.82, 2.24) is 9.78 Å². The summed E-state index contributed by atoms with van der Waals surface area (Å²) in [6.07, 6.45) is 8.57. The van der Waals surface area contributed by atoms with Crippen LogP contribution in [0, 0.1) is 0 Å². The third kappa shape index (κ3) is 5.45. The first-order chi connectivity index (χ1) is 9.20. The zero-order valence-electron chi connectivity index (χ0n) is 11.6. The van der Waals surface area contributed by atoms with Gasteiger partial charge < -0.3 is 5.32 Å². The summed E-state index contributed by atoms with van der Waals surface area (Å²) >= 11 is 7.91. The summed E-state index contributed by atoms with van der Waals surface area (Å²) in [6, 6.07) is 0. The number of aryl methyl sites for hydroxylation is 1. The second-order valence-electron chi connectivity index (χ2n) is 4.33. The molecule has 0 unspecified atom stereocenters. The Morgan fingerprint density at radius 1 is 1.37 bits per heavy atom. The fraction of sp³-hybridized carbons (Fsp3) is 0.692. The number of rotatable bonds is 9. The van der Waals surface area contributed by atoms with Gasteiger partial charge in [-0.2, -0.15) is 16.9 Å². The van der Waals surface area contributed by atoms with Gasteiger partial charge in [-0.3, -0.25) is 4.79 Å². The summed E-state index contributed by atoms with van der Waals surface area (Å²) in [5, 5.41) is 7.47. The molecule has 0 saturated heterocycles. The Morgan fingerprint density at radius 3 is 2.79 bits per heavy atom. The van der Waals surface area contributed by atoms with E-state index in [4.69, 9.17) is 11.6 Å². The summed E-state index contributed by atoms with van der Waals surface area (Å²) in [6.45, 7) is 3.23. The van der Waals surface area contributed by atoms with Crippen LogP contribution in [0.3, 0.4) is 0 Å². The number of hydrogen-bond acceptors (Lipinski definition) is 4. The number of halogens is 1. The molecule has 1 aromatic rings. The molecule has 0 amide bonds. The van der Waals surface area contributed by atoms with Gasteiger partial charge in [0, 0.05) is 13.1 Å². The Morgan fingerprint density at radius 2 is 2.11 bits per heavy atom. The van der Waals surface area contributed by atoms with Crippen LogP contribution >= 0.6 is 23.4 Å². The van der Waals surface area contributed by atoms with Crippen molar-refractivity contribution >= 4 is 29.1 Å². The molecule has 1 heterocycles. The van der Waals surface area contributed by atoms with Crippen LogP contribution in [0.25, 0.3) is 0 Å². The van der Waals surface area contributed by atoms with Gasteiger partial charge >= 0.3 is 0 Å². The highest BCUT2D eigenvalue weighted by atomic mass is 35.5. The van der Waals surface area contributed by atoms with Crippen LogP contribution < -0.4 is 10.9 Å². The van der Waals surface area contributed by atoms with Crippen LogP contribution in [0.15, 0.2) is 11.0 Å². The van der Waals surface area contributed by atoms with Gasteiger partial charge in [0.25, 0.3) is 5.56 Å². The van der Waals surface area contributed by atoms with Gasteiger partial charge in [0.15, 0.2) is 0 Å². The smallest absolute Gasteiger partial charge is 0.287 e. The maximum atomic E-state index is 11.8. The number of nitrogens with zero attached hydrogens (tertiary/aromatic N) is 2. The molecule has 0 saturated carbocycles. The van der Waals surface area contributed by atoms with Gasteiger partial charge in [0.2, 0.25) is 0 Å². The minimum absolute atomic E-state index is 0.228. The maximum absolute atomic E-state index is 11.8. The van der Waals surface area contributed by atoms with E-state index in [-0.39, 0.29) is 10.6 Å². The average molecular weight is 304 g/mol. The summed E-state index contributed by atoms with van der Waals surface area (Å²) in [5.74, 6) is 1.23. The molecular formula is C13H22ClN3OS. The summed E-state index contributed by atoms with van der Waals surface area (Å²) in [5.41, 5.74) is 0.412. The minimum atomic E-state index is -0.228. The van der Waals surface area contributed by atoms with E-state index in [0.717, 1.165) is 13.0 Å². The molecule has 108 valence electrons. The number of unbranched alkanes of at least 4 members (excludes halogenated alkanes) is 3. The molecule has 19 heavy (non-hydrogen) atoms. The average Bonchev–Trinajstić information content (AvgIpc) is 2.42. The molecule has 0 spiro atoms. The molecule has 0 radical (unpaired) electrons. The van der Waals surface area contributed by atoms with Crippen molar-refractivity contribution in [3.8, 4) is 0 Å². The van der Waals surface area contributed by atoms with Gasteiger partial charge in [0.1, 0.15) is 5.02 Å². The first-order valence-corrected chi connectivity index (χ1v) is 8.46. The Kier molecular flexibility index (Phi) is 7.98. The molecule has 1 N–H and O–H groups in total. The van der Waals surface area contributed by atoms with Gasteiger partial charge in [-0.15, -0.1) is 0 Å². The van der Waals surface area contributed by atoms with E-state index in [0.29, 0.717) is 12.2 Å². The highest BCUT2D eigenvalue weighted by Gasteiger charge is 2.07. The second kappa shape index (κ2) is 9.26. The first-order valence-electron chi connectivity index (χ1n) is 6.69. The van der Waals surface area contributed by atoms with E-state index in [1.807, 2.05) is 18.7 Å². The Hall–Kier alpha value is -0.680. The lowest BCUT2D eigenvalue weighted by Crippen LogP contribution is -2.23. The molecule has 0 atom stereocenters. The largest absolute Gasteiger partial charge is 0.382 e. The van der Waals surface area contributed by atoms with E-state index in [2.05, 4.69) is 16.7 Å². The Bertz CT molecular complexity index is 436. The summed E-state index contributed by atoms with van der Waals surface area (Å²) in [7, 11) is 0. The SMILES string of the molecule is CCn1ncc(NCCCCCCSC)c(Cl)c1=O. The van der Waals surface area contributed by atoms with E-state index in [1.54, 1.807) is 6.20 Å². The van der Waals surface area contributed by atoms with Crippen LogP contribution in [-0.4, -0.2) is 28.3 Å². The zero-order valence-corrected chi connectivity index (χ0v) is 13.2. The molecule has 0 aromatic carbocycles. The molecule has 0 aliphatic carbocycles. The lowest BCUT2D eigenvalue weighted by atomic mass is 10.2. The molecule has 0 aliphatic rings. The van der Waals surface area contributed by atoms with Crippen LogP contribution in [0.5, 0.6) is 0 Å². The normalized spacial score (nSPS) is 10.7. The fourth-order valence-corrected chi connectivity index (χ4v) is 2.47. The van der Waals surface area contributed by atoms with E-state index >= 15 is 0 Å². The predicted octanol–water partition coefficient (Wildman–Crippen LogP) is 3.25. The molecule has 0 bridgehead atoms. The highest BCUT2D eigenvalue weighted by molar-refractivity contribution is 7.98. The topological polar surface area (TPSA) is 46.9 Å². The number of aromatic nitrogens is 2. The fourth-order valence-electron chi connectivity index (χ4n) is 1.76. The van der Waals surface area contributed by atoms with Gasteiger partial charge in [-0.1, -0.05) is 24.4 Å². The van der Waals surface area contributed by atoms with Crippen molar-refractivity contribution in [2.75, 3.05) is 23.9 Å². The van der Waals surface area contributed by atoms with Crippen LogP contribution in [0.4, 0.5) is 5.69 Å². The molecule has 4 nitrogen and oxygen atoms in total. The Balaban J connectivity index is 2.34. The second-order valence-corrected chi connectivity index (χ2v) is 5.69.